The van der Waals surface area contributed by atoms with Crippen LogP contribution in [0.3, 0.4) is 0 Å². The van der Waals surface area contributed by atoms with Crippen LogP contribution in [0.2, 0.25) is 0 Å². The number of ketones is 1. The van der Waals surface area contributed by atoms with Gasteiger partial charge in [0, 0.05) is 18.7 Å². The predicted octanol–water partition coefficient (Wildman–Crippen LogP) is 3.91. The minimum absolute atomic E-state index is 0.0689. The topological polar surface area (TPSA) is 80.8 Å². The average Bonchev–Trinajstić information content (AvgIpc) is 2.74. The second-order valence-electron chi connectivity index (χ2n) is 7.72. The van der Waals surface area contributed by atoms with Gasteiger partial charge in [0.2, 0.25) is 15.8 Å². The molecule has 0 radical (unpaired) electrons. The highest BCUT2D eigenvalue weighted by Gasteiger charge is 2.28. The number of hydrogen-bond donors (Lipinski definition) is 0. The van der Waals surface area contributed by atoms with Gasteiger partial charge in [0.15, 0.2) is 6.10 Å². The Balaban J connectivity index is 1.79. The van der Waals surface area contributed by atoms with Crippen molar-refractivity contribution >= 4 is 21.8 Å². The molecule has 0 N–H and O–H groups in total. The number of aryl methyl sites for hydroxylation is 2. The van der Waals surface area contributed by atoms with E-state index in [1.54, 1.807) is 25.1 Å². The van der Waals surface area contributed by atoms with Crippen LogP contribution in [0.5, 0.6) is 0 Å². The molecule has 1 fully saturated rings. The lowest BCUT2D eigenvalue weighted by Crippen LogP contribution is -2.35. The van der Waals surface area contributed by atoms with Crippen LogP contribution in [0, 0.1) is 13.8 Å². The highest BCUT2D eigenvalue weighted by molar-refractivity contribution is 7.89. The standard InChI is InChI=1S/C23H27NO5S/c1-16-7-10-19(11-8-16)22(25)18(3)29-23(26)21-15-20(12-9-17(21)2)30(27,28)24-13-5-4-6-14-24/h7-12,15,18H,4-6,13-14H2,1-3H3. The number of hydrogen-bond acceptors (Lipinski definition) is 5. The number of rotatable bonds is 6. The molecule has 0 amide bonds. The summed E-state index contributed by atoms with van der Waals surface area (Å²) < 4.78 is 32.7. The number of nitrogens with zero attached hydrogens (tertiary/aromatic N) is 1. The van der Waals surface area contributed by atoms with Gasteiger partial charge in [-0.2, -0.15) is 4.31 Å². The Morgan fingerprint density at radius 2 is 1.60 bits per heavy atom. The molecule has 1 heterocycles. The van der Waals surface area contributed by atoms with Crippen molar-refractivity contribution in [1.29, 1.82) is 0 Å². The van der Waals surface area contributed by atoms with Crippen LogP contribution in [0.25, 0.3) is 0 Å². The molecule has 3 rings (SSSR count). The molecule has 2 aromatic carbocycles. The van der Waals surface area contributed by atoms with Crippen LogP contribution in [0.4, 0.5) is 0 Å². The normalized spacial score (nSPS) is 16.1. The quantitative estimate of drug-likeness (QED) is 0.514. The molecule has 160 valence electrons. The summed E-state index contributed by atoms with van der Waals surface area (Å²) in [4.78, 5) is 25.4. The van der Waals surface area contributed by atoms with Crippen molar-refractivity contribution in [2.24, 2.45) is 0 Å². The van der Waals surface area contributed by atoms with Gasteiger partial charge >= 0.3 is 5.97 Å². The molecular formula is C23H27NO5S. The van der Waals surface area contributed by atoms with Gasteiger partial charge in [-0.15, -0.1) is 0 Å². The zero-order chi connectivity index (χ0) is 21.9. The molecule has 1 saturated heterocycles. The lowest BCUT2D eigenvalue weighted by Gasteiger charge is -2.26. The summed E-state index contributed by atoms with van der Waals surface area (Å²) in [5, 5.41) is 0. The molecule has 1 aliphatic heterocycles. The number of benzene rings is 2. The van der Waals surface area contributed by atoms with Gasteiger partial charge in [-0.3, -0.25) is 4.79 Å². The number of ether oxygens (including phenoxy) is 1. The molecule has 0 spiro atoms. The molecule has 0 saturated carbocycles. The summed E-state index contributed by atoms with van der Waals surface area (Å²) in [5.74, 6) is -1.02. The van der Waals surface area contributed by atoms with Crippen LogP contribution in [0.1, 0.15) is 58.0 Å². The lowest BCUT2D eigenvalue weighted by atomic mass is 10.1. The average molecular weight is 430 g/mol. The third-order valence-electron chi connectivity index (χ3n) is 5.37. The van der Waals surface area contributed by atoms with Crippen molar-refractivity contribution in [3.8, 4) is 0 Å². The van der Waals surface area contributed by atoms with Crippen molar-refractivity contribution in [3.63, 3.8) is 0 Å². The summed E-state index contributed by atoms with van der Waals surface area (Å²) in [6.45, 7) is 6.12. The number of piperidine rings is 1. The van der Waals surface area contributed by atoms with Crippen molar-refractivity contribution in [3.05, 3.63) is 64.7 Å². The Kier molecular flexibility index (Phi) is 6.73. The maximum Gasteiger partial charge on any atom is 0.339 e. The van der Waals surface area contributed by atoms with E-state index >= 15 is 0 Å². The molecule has 7 heteroatoms. The van der Waals surface area contributed by atoms with E-state index in [-0.39, 0.29) is 16.2 Å². The van der Waals surface area contributed by atoms with E-state index in [9.17, 15) is 18.0 Å². The highest BCUT2D eigenvalue weighted by Crippen LogP contribution is 2.23. The Labute approximate surface area is 177 Å². The molecule has 1 unspecified atom stereocenters. The summed E-state index contributed by atoms with van der Waals surface area (Å²) >= 11 is 0. The highest BCUT2D eigenvalue weighted by atomic mass is 32.2. The first-order valence-electron chi connectivity index (χ1n) is 10.1. The van der Waals surface area contributed by atoms with Crippen LogP contribution >= 0.6 is 0 Å². The van der Waals surface area contributed by atoms with Gasteiger partial charge in [0.25, 0.3) is 0 Å². The Hall–Kier alpha value is -2.51. The molecular weight excluding hydrogens is 402 g/mol. The predicted molar refractivity (Wildman–Crippen MR) is 114 cm³/mol. The molecule has 30 heavy (non-hydrogen) atoms. The number of Topliss-reactive ketones (excluding diaryl/α,β-unsaturated/α-hetero) is 1. The van der Waals surface area contributed by atoms with E-state index in [0.717, 1.165) is 24.8 Å². The number of carbonyl (C=O) groups is 2. The smallest absolute Gasteiger partial charge is 0.339 e. The van der Waals surface area contributed by atoms with Gasteiger partial charge in [-0.25, -0.2) is 13.2 Å². The van der Waals surface area contributed by atoms with Crippen LogP contribution < -0.4 is 0 Å². The fourth-order valence-electron chi connectivity index (χ4n) is 3.47. The van der Waals surface area contributed by atoms with Crippen LogP contribution in [-0.4, -0.2) is 43.7 Å². The van der Waals surface area contributed by atoms with Crippen LogP contribution in [0.15, 0.2) is 47.4 Å². The lowest BCUT2D eigenvalue weighted by molar-refractivity contribution is 0.0318. The van der Waals surface area contributed by atoms with Crippen molar-refractivity contribution in [2.75, 3.05) is 13.1 Å². The van der Waals surface area contributed by atoms with Crippen molar-refractivity contribution < 1.29 is 22.7 Å². The first kappa shape index (κ1) is 22.2. The third-order valence-corrected chi connectivity index (χ3v) is 7.27. The van der Waals surface area contributed by atoms with Crippen LogP contribution in [-0.2, 0) is 14.8 Å². The van der Waals surface area contributed by atoms with E-state index in [4.69, 9.17) is 4.74 Å². The first-order valence-corrected chi connectivity index (χ1v) is 11.6. The minimum Gasteiger partial charge on any atom is -0.451 e. The summed E-state index contributed by atoms with van der Waals surface area (Å²) in [5.41, 5.74) is 2.22. The second kappa shape index (κ2) is 9.10. The largest absolute Gasteiger partial charge is 0.451 e. The fraction of sp³-hybridized carbons (Fsp3) is 0.391. The Morgan fingerprint density at radius 3 is 2.23 bits per heavy atom. The minimum atomic E-state index is -3.67. The van der Waals surface area contributed by atoms with Gasteiger partial charge in [-0.05, 0) is 51.3 Å². The molecule has 0 aliphatic carbocycles. The second-order valence-corrected chi connectivity index (χ2v) is 9.66. The van der Waals surface area contributed by atoms with E-state index < -0.39 is 22.1 Å². The van der Waals surface area contributed by atoms with Gasteiger partial charge in [-0.1, -0.05) is 42.3 Å². The zero-order valence-electron chi connectivity index (χ0n) is 17.6. The van der Waals surface area contributed by atoms with Gasteiger partial charge in [0.05, 0.1) is 10.5 Å². The maximum absolute atomic E-state index is 12.9. The molecule has 1 aliphatic rings. The number of sulfonamides is 1. The first-order chi connectivity index (χ1) is 14.2. The van der Waals surface area contributed by atoms with Gasteiger partial charge < -0.3 is 4.74 Å². The monoisotopic (exact) mass is 429 g/mol. The fourth-order valence-corrected chi connectivity index (χ4v) is 5.01. The molecule has 1 atom stereocenters. The summed E-state index contributed by atoms with van der Waals surface area (Å²) in [7, 11) is -3.67. The third kappa shape index (κ3) is 4.79. The maximum atomic E-state index is 12.9. The molecule has 0 bridgehead atoms. The molecule has 2 aromatic rings. The number of carbonyl (C=O) groups excluding carboxylic acids is 2. The zero-order valence-corrected chi connectivity index (χ0v) is 18.4. The van der Waals surface area contributed by atoms with E-state index in [0.29, 0.717) is 24.2 Å². The molecule has 6 nitrogen and oxygen atoms in total. The number of esters is 1. The SMILES string of the molecule is Cc1ccc(C(=O)C(C)OC(=O)c2cc(S(=O)(=O)N3CCCCC3)ccc2C)cc1. The van der Waals surface area contributed by atoms with Crippen molar-refractivity contribution in [2.45, 2.75) is 51.0 Å². The van der Waals surface area contributed by atoms with Gasteiger partial charge in [0.1, 0.15) is 0 Å². The van der Waals surface area contributed by atoms with E-state index in [1.165, 1.54) is 23.4 Å². The molecule has 0 aromatic heterocycles. The summed E-state index contributed by atoms with van der Waals surface area (Å²) in [6, 6.07) is 11.5. The summed E-state index contributed by atoms with van der Waals surface area (Å²) in [6.07, 6.45) is 1.70. The Morgan fingerprint density at radius 1 is 0.967 bits per heavy atom. The Bertz CT molecular complexity index is 1040. The van der Waals surface area contributed by atoms with Crippen molar-refractivity contribution in [1.82, 2.24) is 4.31 Å². The van der Waals surface area contributed by atoms with E-state index in [1.807, 2.05) is 19.1 Å². The van der Waals surface area contributed by atoms with E-state index in [2.05, 4.69) is 0 Å².